The number of rotatable bonds is 6. The average molecular weight is 266 g/mol. The average Bonchev–Trinajstić information content (AvgIpc) is 2.25. The van der Waals surface area contributed by atoms with Crippen LogP contribution in [0.15, 0.2) is 24.3 Å². The Labute approximate surface area is 111 Å². The van der Waals surface area contributed by atoms with Crippen molar-refractivity contribution in [2.24, 2.45) is 0 Å². The number of hydrogen-bond donors (Lipinski definition) is 4. The smallest absolute Gasteiger partial charge is 0.306 e. The van der Waals surface area contributed by atoms with Crippen molar-refractivity contribution in [1.29, 1.82) is 0 Å². The number of carboxylic acid groups (broad SMARTS) is 1. The molecule has 1 amide bonds. The molecule has 0 spiro atoms. The predicted octanol–water partition coefficient (Wildman–Crippen LogP) is 0.153. The molecule has 5 N–H and O–H groups in total. The van der Waals surface area contributed by atoms with Crippen molar-refractivity contribution >= 4 is 17.6 Å². The van der Waals surface area contributed by atoms with Crippen LogP contribution in [0.5, 0.6) is 0 Å². The normalized spacial score (nSPS) is 13.6. The Bertz CT molecular complexity index is 471. The molecule has 104 valence electrons. The summed E-state index contributed by atoms with van der Waals surface area (Å²) in [6.45, 7) is 1.25. The zero-order valence-corrected chi connectivity index (χ0v) is 10.7. The molecule has 0 saturated heterocycles. The second-order valence-electron chi connectivity index (χ2n) is 4.77. The summed E-state index contributed by atoms with van der Waals surface area (Å²) in [5.74, 6) is -1.41. The lowest BCUT2D eigenvalue weighted by atomic mass is 10.0. The lowest BCUT2D eigenvalue weighted by Gasteiger charge is -2.21. The molecule has 0 aliphatic heterocycles. The standard InChI is InChI=1S/C13H18N2O4/c1-13(19,7-12(17)18)8-15-11(16)6-9-3-2-4-10(14)5-9/h2-5,19H,6-8,14H2,1H3,(H,15,16)(H,17,18). The number of carboxylic acids is 1. The maximum atomic E-state index is 11.6. The van der Waals surface area contributed by atoms with E-state index in [1.807, 2.05) is 0 Å². The molecule has 1 aromatic carbocycles. The summed E-state index contributed by atoms with van der Waals surface area (Å²) in [7, 11) is 0. The first-order valence-corrected chi connectivity index (χ1v) is 5.84. The van der Waals surface area contributed by atoms with Gasteiger partial charge in [0.25, 0.3) is 0 Å². The number of carbonyl (C=O) groups is 2. The van der Waals surface area contributed by atoms with E-state index in [0.29, 0.717) is 5.69 Å². The van der Waals surface area contributed by atoms with Crippen molar-refractivity contribution in [3.63, 3.8) is 0 Å². The van der Waals surface area contributed by atoms with E-state index in [2.05, 4.69) is 5.32 Å². The molecule has 0 radical (unpaired) electrons. The van der Waals surface area contributed by atoms with Gasteiger partial charge in [0, 0.05) is 12.2 Å². The fraction of sp³-hybridized carbons (Fsp3) is 0.385. The highest BCUT2D eigenvalue weighted by atomic mass is 16.4. The van der Waals surface area contributed by atoms with E-state index in [1.54, 1.807) is 24.3 Å². The largest absolute Gasteiger partial charge is 0.481 e. The number of hydrogen-bond acceptors (Lipinski definition) is 4. The number of aliphatic carboxylic acids is 1. The summed E-state index contributed by atoms with van der Waals surface area (Å²) < 4.78 is 0. The molecule has 0 saturated carbocycles. The zero-order valence-electron chi connectivity index (χ0n) is 10.7. The van der Waals surface area contributed by atoms with Crippen LogP contribution in [0.25, 0.3) is 0 Å². The quantitative estimate of drug-likeness (QED) is 0.548. The molecule has 0 aromatic heterocycles. The summed E-state index contributed by atoms with van der Waals surface area (Å²) >= 11 is 0. The first-order chi connectivity index (χ1) is 8.78. The first kappa shape index (κ1) is 15.0. The molecule has 1 unspecified atom stereocenters. The van der Waals surface area contributed by atoms with Crippen LogP contribution >= 0.6 is 0 Å². The van der Waals surface area contributed by atoms with Crippen LogP contribution in [-0.4, -0.2) is 34.2 Å². The van der Waals surface area contributed by atoms with Crippen molar-refractivity contribution in [3.8, 4) is 0 Å². The van der Waals surface area contributed by atoms with Gasteiger partial charge in [0.1, 0.15) is 0 Å². The minimum absolute atomic E-state index is 0.111. The highest BCUT2D eigenvalue weighted by Gasteiger charge is 2.24. The molecule has 0 aliphatic rings. The second kappa shape index (κ2) is 6.19. The Kier molecular flexibility index (Phi) is 4.88. The lowest BCUT2D eigenvalue weighted by molar-refractivity contribution is -0.142. The van der Waals surface area contributed by atoms with Gasteiger partial charge in [-0.15, -0.1) is 0 Å². The van der Waals surface area contributed by atoms with Gasteiger partial charge in [0.05, 0.1) is 18.4 Å². The van der Waals surface area contributed by atoms with E-state index in [0.717, 1.165) is 5.56 Å². The Balaban J connectivity index is 2.46. The van der Waals surface area contributed by atoms with Gasteiger partial charge in [-0.25, -0.2) is 0 Å². The van der Waals surface area contributed by atoms with Gasteiger partial charge in [-0.3, -0.25) is 9.59 Å². The van der Waals surface area contributed by atoms with Gasteiger partial charge in [-0.1, -0.05) is 12.1 Å². The summed E-state index contributed by atoms with van der Waals surface area (Å²) in [5, 5.41) is 20.8. The van der Waals surface area contributed by atoms with Gasteiger partial charge in [0.15, 0.2) is 0 Å². The highest BCUT2D eigenvalue weighted by Crippen LogP contribution is 2.09. The molecule has 6 nitrogen and oxygen atoms in total. The maximum absolute atomic E-state index is 11.6. The molecule has 0 bridgehead atoms. The van der Waals surface area contributed by atoms with Crippen LogP contribution < -0.4 is 11.1 Å². The third-order valence-electron chi connectivity index (χ3n) is 2.51. The van der Waals surface area contributed by atoms with Crippen LogP contribution in [0.4, 0.5) is 5.69 Å². The molecule has 0 heterocycles. The Hall–Kier alpha value is -2.08. The summed E-state index contributed by atoms with van der Waals surface area (Å²) in [4.78, 5) is 22.1. The molecular formula is C13H18N2O4. The molecule has 1 aromatic rings. The summed E-state index contributed by atoms with van der Waals surface area (Å²) in [5.41, 5.74) is 5.47. The van der Waals surface area contributed by atoms with Crippen molar-refractivity contribution in [1.82, 2.24) is 5.32 Å². The Morgan fingerprint density at radius 1 is 1.42 bits per heavy atom. The summed E-state index contributed by atoms with van der Waals surface area (Å²) in [6.07, 6.45) is -0.292. The van der Waals surface area contributed by atoms with Crippen LogP contribution in [0.2, 0.25) is 0 Å². The van der Waals surface area contributed by atoms with Crippen LogP contribution in [0.3, 0.4) is 0 Å². The fourth-order valence-corrected chi connectivity index (χ4v) is 1.63. The number of nitrogen functional groups attached to an aromatic ring is 1. The van der Waals surface area contributed by atoms with Crippen molar-refractivity contribution in [2.45, 2.75) is 25.4 Å². The van der Waals surface area contributed by atoms with Crippen LogP contribution in [-0.2, 0) is 16.0 Å². The number of nitrogens with one attached hydrogen (secondary N) is 1. The summed E-state index contributed by atoms with van der Waals surface area (Å²) in [6, 6.07) is 6.93. The van der Waals surface area contributed by atoms with E-state index in [1.165, 1.54) is 6.92 Å². The monoisotopic (exact) mass is 266 g/mol. The highest BCUT2D eigenvalue weighted by molar-refractivity contribution is 5.79. The van der Waals surface area contributed by atoms with Gasteiger partial charge >= 0.3 is 5.97 Å². The van der Waals surface area contributed by atoms with Crippen molar-refractivity contribution in [3.05, 3.63) is 29.8 Å². The van der Waals surface area contributed by atoms with Crippen LogP contribution in [0.1, 0.15) is 18.9 Å². The topological polar surface area (TPSA) is 113 Å². The van der Waals surface area contributed by atoms with E-state index >= 15 is 0 Å². The van der Waals surface area contributed by atoms with Gasteiger partial charge in [-0.05, 0) is 24.6 Å². The van der Waals surface area contributed by atoms with Crippen molar-refractivity contribution in [2.75, 3.05) is 12.3 Å². The molecule has 0 fully saturated rings. The second-order valence-corrected chi connectivity index (χ2v) is 4.77. The molecule has 1 rings (SSSR count). The molecule has 1 atom stereocenters. The molecule has 19 heavy (non-hydrogen) atoms. The first-order valence-electron chi connectivity index (χ1n) is 5.84. The SMILES string of the molecule is CC(O)(CNC(=O)Cc1cccc(N)c1)CC(=O)O. The number of benzene rings is 1. The number of nitrogens with two attached hydrogens (primary N) is 1. The van der Waals surface area contributed by atoms with E-state index in [9.17, 15) is 14.7 Å². The zero-order chi connectivity index (χ0) is 14.5. The third kappa shape index (κ3) is 5.87. The van der Waals surface area contributed by atoms with Crippen LogP contribution in [0, 0.1) is 0 Å². The van der Waals surface area contributed by atoms with E-state index in [4.69, 9.17) is 10.8 Å². The Morgan fingerprint density at radius 3 is 2.68 bits per heavy atom. The molecular weight excluding hydrogens is 248 g/mol. The lowest BCUT2D eigenvalue weighted by Crippen LogP contribution is -2.42. The number of carbonyl (C=O) groups excluding carboxylic acids is 1. The minimum atomic E-state index is -1.46. The predicted molar refractivity (Wildman–Crippen MR) is 70.4 cm³/mol. The van der Waals surface area contributed by atoms with Crippen molar-refractivity contribution < 1.29 is 19.8 Å². The molecule has 6 heteroatoms. The number of aliphatic hydroxyl groups is 1. The van der Waals surface area contributed by atoms with E-state index in [-0.39, 0.29) is 18.9 Å². The van der Waals surface area contributed by atoms with E-state index < -0.39 is 18.0 Å². The third-order valence-corrected chi connectivity index (χ3v) is 2.51. The van der Waals surface area contributed by atoms with Gasteiger partial charge in [-0.2, -0.15) is 0 Å². The Morgan fingerprint density at radius 2 is 2.11 bits per heavy atom. The minimum Gasteiger partial charge on any atom is -0.481 e. The number of anilines is 1. The number of amides is 1. The van der Waals surface area contributed by atoms with Gasteiger partial charge in [0.2, 0.25) is 5.91 Å². The molecule has 0 aliphatic carbocycles. The van der Waals surface area contributed by atoms with Gasteiger partial charge < -0.3 is 21.3 Å². The fourth-order valence-electron chi connectivity index (χ4n) is 1.63. The maximum Gasteiger partial charge on any atom is 0.306 e.